The van der Waals surface area contributed by atoms with E-state index in [9.17, 15) is 0 Å². The Morgan fingerprint density at radius 2 is 2.25 bits per heavy atom. The number of thioether (sulfide) groups is 1. The Morgan fingerprint density at radius 3 is 2.81 bits per heavy atom. The first kappa shape index (κ1) is 14.4. The first-order valence-electron chi connectivity index (χ1n) is 5.33. The minimum atomic E-state index is 0.565. The summed E-state index contributed by atoms with van der Waals surface area (Å²) in [5.74, 6) is 1.14. The van der Waals surface area contributed by atoms with Gasteiger partial charge in [-0.05, 0) is 30.4 Å². The predicted molar refractivity (Wildman–Crippen MR) is 78.5 cm³/mol. The molecular formula is C12H17BrClNS. The standard InChI is InChI=1S/C12H17BrClNS/c1-3-11(8-16-2)15-7-9-4-5-10(13)6-12(9)14/h4-6,11,15H,3,7-8H2,1-2H3. The average molecular weight is 323 g/mol. The highest BCUT2D eigenvalue weighted by Gasteiger charge is 2.06. The monoisotopic (exact) mass is 321 g/mol. The summed E-state index contributed by atoms with van der Waals surface area (Å²) in [6.07, 6.45) is 3.28. The van der Waals surface area contributed by atoms with E-state index in [4.69, 9.17) is 11.6 Å². The summed E-state index contributed by atoms with van der Waals surface area (Å²) in [4.78, 5) is 0. The lowest BCUT2D eigenvalue weighted by Gasteiger charge is -2.16. The third-order valence-corrected chi connectivity index (χ3v) is 4.04. The summed E-state index contributed by atoms with van der Waals surface area (Å²) >= 11 is 11.4. The van der Waals surface area contributed by atoms with E-state index >= 15 is 0 Å². The van der Waals surface area contributed by atoms with E-state index in [1.165, 1.54) is 0 Å². The van der Waals surface area contributed by atoms with Crippen LogP contribution in [-0.2, 0) is 6.54 Å². The summed E-state index contributed by atoms with van der Waals surface area (Å²) in [5.41, 5.74) is 1.16. The summed E-state index contributed by atoms with van der Waals surface area (Å²) in [6, 6.07) is 6.59. The lowest BCUT2D eigenvalue weighted by molar-refractivity contribution is 0.541. The SMILES string of the molecule is CCC(CSC)NCc1ccc(Br)cc1Cl. The highest BCUT2D eigenvalue weighted by molar-refractivity contribution is 9.10. The first-order chi connectivity index (χ1) is 7.67. The molecule has 1 aromatic rings. The first-order valence-corrected chi connectivity index (χ1v) is 7.90. The highest BCUT2D eigenvalue weighted by Crippen LogP contribution is 2.21. The Morgan fingerprint density at radius 1 is 1.50 bits per heavy atom. The van der Waals surface area contributed by atoms with Gasteiger partial charge < -0.3 is 5.32 Å². The molecule has 0 saturated heterocycles. The fourth-order valence-electron chi connectivity index (χ4n) is 1.44. The predicted octanol–water partition coefficient (Wildman–Crippen LogP) is 4.33. The Labute approximate surface area is 115 Å². The molecule has 4 heteroatoms. The van der Waals surface area contributed by atoms with Crippen molar-refractivity contribution in [2.45, 2.75) is 25.9 Å². The molecule has 0 saturated carbocycles. The molecule has 0 fully saturated rings. The molecule has 1 rings (SSSR count). The molecule has 0 heterocycles. The van der Waals surface area contributed by atoms with E-state index in [1.807, 2.05) is 23.9 Å². The van der Waals surface area contributed by atoms with Gasteiger partial charge in [0, 0.05) is 27.8 Å². The Hall–Kier alpha value is 0.300. The van der Waals surface area contributed by atoms with Crippen molar-refractivity contribution in [1.29, 1.82) is 0 Å². The largest absolute Gasteiger partial charge is 0.309 e. The van der Waals surface area contributed by atoms with E-state index < -0.39 is 0 Å². The van der Waals surface area contributed by atoms with Gasteiger partial charge in [0.2, 0.25) is 0 Å². The Bertz CT molecular complexity index is 333. The lowest BCUT2D eigenvalue weighted by Crippen LogP contribution is -2.30. The van der Waals surface area contributed by atoms with Gasteiger partial charge in [-0.1, -0.05) is 40.5 Å². The quantitative estimate of drug-likeness (QED) is 0.836. The summed E-state index contributed by atoms with van der Waals surface area (Å²) in [7, 11) is 0. The van der Waals surface area contributed by atoms with Crippen molar-refractivity contribution in [2.75, 3.05) is 12.0 Å². The maximum absolute atomic E-state index is 6.16. The molecule has 1 aromatic carbocycles. The number of halogens is 2. The number of hydrogen-bond donors (Lipinski definition) is 1. The van der Waals surface area contributed by atoms with Crippen LogP contribution in [0.2, 0.25) is 5.02 Å². The number of benzene rings is 1. The van der Waals surface area contributed by atoms with Crippen LogP contribution in [0, 0.1) is 0 Å². The fraction of sp³-hybridized carbons (Fsp3) is 0.500. The van der Waals surface area contributed by atoms with Crippen molar-refractivity contribution in [3.05, 3.63) is 33.3 Å². The van der Waals surface area contributed by atoms with Crippen LogP contribution >= 0.6 is 39.3 Å². The van der Waals surface area contributed by atoms with E-state index in [0.717, 1.165) is 33.8 Å². The zero-order chi connectivity index (χ0) is 12.0. The lowest BCUT2D eigenvalue weighted by atomic mass is 10.2. The number of nitrogens with one attached hydrogen (secondary N) is 1. The average Bonchev–Trinajstić information content (AvgIpc) is 2.26. The zero-order valence-corrected chi connectivity index (χ0v) is 12.8. The van der Waals surface area contributed by atoms with Gasteiger partial charge >= 0.3 is 0 Å². The molecule has 0 aliphatic rings. The van der Waals surface area contributed by atoms with Gasteiger partial charge in [-0.25, -0.2) is 0 Å². The molecule has 0 aliphatic heterocycles. The fourth-order valence-corrected chi connectivity index (χ4v) is 2.94. The maximum Gasteiger partial charge on any atom is 0.0462 e. The van der Waals surface area contributed by atoms with Crippen molar-refractivity contribution in [2.24, 2.45) is 0 Å². The maximum atomic E-state index is 6.16. The summed E-state index contributed by atoms with van der Waals surface area (Å²) < 4.78 is 1.03. The van der Waals surface area contributed by atoms with Crippen molar-refractivity contribution in [3.63, 3.8) is 0 Å². The van der Waals surface area contributed by atoms with E-state index in [2.05, 4.69) is 40.5 Å². The van der Waals surface area contributed by atoms with Crippen LogP contribution < -0.4 is 5.32 Å². The normalized spacial score (nSPS) is 12.8. The van der Waals surface area contributed by atoms with Crippen LogP contribution in [0.5, 0.6) is 0 Å². The molecule has 0 spiro atoms. The molecule has 1 unspecified atom stereocenters. The summed E-state index contributed by atoms with van der Waals surface area (Å²) in [5, 5.41) is 4.35. The molecule has 1 nitrogen and oxygen atoms in total. The molecule has 0 aromatic heterocycles. The Balaban J connectivity index is 2.53. The van der Waals surface area contributed by atoms with Gasteiger partial charge in [0.15, 0.2) is 0 Å². The zero-order valence-electron chi connectivity index (χ0n) is 9.59. The molecule has 16 heavy (non-hydrogen) atoms. The van der Waals surface area contributed by atoms with E-state index in [0.29, 0.717) is 6.04 Å². The van der Waals surface area contributed by atoms with Gasteiger partial charge in [-0.2, -0.15) is 11.8 Å². The van der Waals surface area contributed by atoms with Crippen molar-refractivity contribution < 1.29 is 0 Å². The summed E-state index contributed by atoms with van der Waals surface area (Å²) in [6.45, 7) is 3.04. The molecule has 0 amide bonds. The third-order valence-electron chi connectivity index (χ3n) is 2.46. The van der Waals surface area contributed by atoms with Gasteiger partial charge in [-0.15, -0.1) is 0 Å². The minimum absolute atomic E-state index is 0.565. The smallest absolute Gasteiger partial charge is 0.0462 e. The van der Waals surface area contributed by atoms with Gasteiger partial charge in [0.1, 0.15) is 0 Å². The molecule has 90 valence electrons. The van der Waals surface area contributed by atoms with Gasteiger partial charge in [0.25, 0.3) is 0 Å². The second-order valence-electron chi connectivity index (χ2n) is 3.68. The second kappa shape index (κ2) is 7.59. The van der Waals surface area contributed by atoms with Crippen molar-refractivity contribution >= 4 is 39.3 Å². The van der Waals surface area contributed by atoms with Crippen LogP contribution in [0.4, 0.5) is 0 Å². The minimum Gasteiger partial charge on any atom is -0.309 e. The van der Waals surface area contributed by atoms with Crippen LogP contribution in [0.1, 0.15) is 18.9 Å². The molecule has 1 atom stereocenters. The Kier molecular flexibility index (Phi) is 6.81. The topological polar surface area (TPSA) is 12.0 Å². The molecule has 0 bridgehead atoms. The van der Waals surface area contributed by atoms with E-state index in [-0.39, 0.29) is 0 Å². The molecular weight excluding hydrogens is 306 g/mol. The highest BCUT2D eigenvalue weighted by atomic mass is 79.9. The molecule has 0 radical (unpaired) electrons. The number of rotatable bonds is 6. The third kappa shape index (κ3) is 4.66. The molecule has 1 N–H and O–H groups in total. The van der Waals surface area contributed by atoms with Crippen molar-refractivity contribution in [1.82, 2.24) is 5.32 Å². The van der Waals surface area contributed by atoms with Crippen LogP contribution in [0.3, 0.4) is 0 Å². The van der Waals surface area contributed by atoms with E-state index in [1.54, 1.807) is 0 Å². The van der Waals surface area contributed by atoms with Crippen LogP contribution in [-0.4, -0.2) is 18.1 Å². The van der Waals surface area contributed by atoms with Crippen LogP contribution in [0.25, 0.3) is 0 Å². The number of hydrogen-bond acceptors (Lipinski definition) is 2. The van der Waals surface area contributed by atoms with Crippen molar-refractivity contribution in [3.8, 4) is 0 Å². The van der Waals surface area contributed by atoms with Crippen LogP contribution in [0.15, 0.2) is 22.7 Å². The van der Waals surface area contributed by atoms with Gasteiger partial charge in [0.05, 0.1) is 0 Å². The second-order valence-corrected chi connectivity index (χ2v) is 5.91. The van der Waals surface area contributed by atoms with Gasteiger partial charge in [-0.3, -0.25) is 0 Å². The molecule has 0 aliphatic carbocycles.